The number of benzene rings is 9. The molecule has 12 rings (SSSR count). The Morgan fingerprint density at radius 3 is 1.63 bits per heavy atom. The summed E-state index contributed by atoms with van der Waals surface area (Å²) in [5, 5.41) is 7.49. The van der Waals surface area contributed by atoms with Crippen molar-refractivity contribution in [1.29, 1.82) is 0 Å². The predicted molar refractivity (Wildman–Crippen MR) is 248 cm³/mol. The van der Waals surface area contributed by atoms with Gasteiger partial charge in [-0.25, -0.2) is 15.0 Å². The second-order valence-electron chi connectivity index (χ2n) is 16.4. The Labute approximate surface area is 348 Å². The number of hydrogen-bond acceptors (Lipinski definition) is 3. The van der Waals surface area contributed by atoms with Crippen LogP contribution in [0.15, 0.2) is 194 Å². The largest absolute Gasteiger partial charge is 0.309 e. The quantitative estimate of drug-likeness (QED) is 0.175. The molecule has 0 amide bonds. The van der Waals surface area contributed by atoms with Gasteiger partial charge in [0.25, 0.3) is 0 Å². The molecule has 1 aliphatic rings. The van der Waals surface area contributed by atoms with Crippen LogP contribution in [0.5, 0.6) is 0 Å². The topological polar surface area (TPSA) is 43.6 Å². The van der Waals surface area contributed by atoms with Crippen LogP contribution >= 0.6 is 0 Å². The molecule has 2 aromatic heterocycles. The molecule has 0 N–H and O–H groups in total. The zero-order valence-corrected chi connectivity index (χ0v) is 33.3. The molecule has 0 unspecified atom stereocenters. The summed E-state index contributed by atoms with van der Waals surface area (Å²) in [6, 6.07) is 69.7. The van der Waals surface area contributed by atoms with E-state index in [1.807, 2.05) is 60.7 Å². The molecule has 0 bridgehead atoms. The van der Waals surface area contributed by atoms with Crippen LogP contribution in [0.4, 0.5) is 0 Å². The van der Waals surface area contributed by atoms with E-state index in [1.165, 1.54) is 71.2 Å². The van der Waals surface area contributed by atoms with Crippen LogP contribution in [0.2, 0.25) is 0 Å². The third kappa shape index (κ3) is 5.27. The normalized spacial score (nSPS) is 13.0. The van der Waals surface area contributed by atoms with Crippen molar-refractivity contribution in [3.8, 4) is 62.1 Å². The molecule has 11 aromatic rings. The molecule has 1 aliphatic carbocycles. The maximum atomic E-state index is 5.02. The molecule has 0 radical (unpaired) electrons. The monoisotopic (exact) mass is 766 g/mol. The minimum atomic E-state index is -0.136. The molecule has 0 atom stereocenters. The first-order valence-electron chi connectivity index (χ1n) is 20.6. The number of aromatic nitrogens is 4. The van der Waals surface area contributed by atoms with Crippen molar-refractivity contribution in [2.45, 2.75) is 19.3 Å². The van der Waals surface area contributed by atoms with Gasteiger partial charge in [0.1, 0.15) is 0 Å². The predicted octanol–water partition coefficient (Wildman–Crippen LogP) is 14.2. The first kappa shape index (κ1) is 34.4. The van der Waals surface area contributed by atoms with E-state index < -0.39 is 0 Å². The number of nitrogens with zero attached hydrogens (tertiary/aromatic N) is 4. The fourth-order valence-corrected chi connectivity index (χ4v) is 9.72. The summed E-state index contributed by atoms with van der Waals surface area (Å²) in [5.74, 6) is 1.94. The zero-order chi connectivity index (χ0) is 40.0. The van der Waals surface area contributed by atoms with Gasteiger partial charge >= 0.3 is 0 Å². The maximum Gasteiger partial charge on any atom is 0.164 e. The Morgan fingerprint density at radius 2 is 0.917 bits per heavy atom. The minimum absolute atomic E-state index is 0.136. The molecule has 0 fully saturated rings. The van der Waals surface area contributed by atoms with Crippen molar-refractivity contribution < 1.29 is 0 Å². The summed E-state index contributed by atoms with van der Waals surface area (Å²) in [4.78, 5) is 15.0. The average Bonchev–Trinajstić information content (AvgIpc) is 3.77. The van der Waals surface area contributed by atoms with Crippen molar-refractivity contribution in [1.82, 2.24) is 19.5 Å². The minimum Gasteiger partial charge on any atom is -0.309 e. The van der Waals surface area contributed by atoms with Crippen molar-refractivity contribution in [2.75, 3.05) is 0 Å². The number of fused-ring (bicyclic) bond motifs is 10. The highest BCUT2D eigenvalue weighted by atomic mass is 15.0. The van der Waals surface area contributed by atoms with Crippen molar-refractivity contribution in [3.63, 3.8) is 0 Å². The average molecular weight is 767 g/mol. The van der Waals surface area contributed by atoms with Gasteiger partial charge in [-0.2, -0.15) is 0 Å². The molecule has 0 saturated carbocycles. The van der Waals surface area contributed by atoms with Crippen LogP contribution < -0.4 is 0 Å². The molecule has 4 nitrogen and oxygen atoms in total. The van der Waals surface area contributed by atoms with Crippen LogP contribution in [-0.4, -0.2) is 19.5 Å². The van der Waals surface area contributed by atoms with Gasteiger partial charge in [0, 0.05) is 44.0 Å². The van der Waals surface area contributed by atoms with Crippen LogP contribution in [0.1, 0.15) is 25.0 Å². The Balaban J connectivity index is 1.07. The summed E-state index contributed by atoms with van der Waals surface area (Å²) < 4.78 is 2.46. The lowest BCUT2D eigenvalue weighted by Crippen LogP contribution is -2.15. The standard InChI is InChI=1S/C56H38N4/c1-56(2)49-20-12-11-19-43(49)44-28-30-46-45(51(44)56)29-31-47-48-34-41(40-22-21-35-13-9-10-18-39(35)33-40)25-32-50(48)60(52(46)47)42-26-23-38(24-27-42)55-58-53(36-14-5-3-6-15-36)57-54(59-55)37-16-7-4-8-17-37/h3-34H,1-2H3. The molecular formula is C56H38N4. The lowest BCUT2D eigenvalue weighted by atomic mass is 9.80. The summed E-state index contributed by atoms with van der Waals surface area (Å²) in [7, 11) is 0. The maximum absolute atomic E-state index is 5.02. The molecule has 0 spiro atoms. The SMILES string of the molecule is CC1(C)c2ccccc2-c2ccc3c(ccc4c5cc(-c6ccc7ccccc7c6)ccc5n(-c5ccc(-c6nc(-c7ccccc7)nc(-c7ccccc7)n6)cc5)c34)c21. The third-order valence-electron chi connectivity index (χ3n) is 12.6. The van der Waals surface area contributed by atoms with E-state index in [4.69, 9.17) is 15.0 Å². The highest BCUT2D eigenvalue weighted by Gasteiger charge is 2.37. The number of rotatable bonds is 5. The lowest BCUT2D eigenvalue weighted by molar-refractivity contribution is 0.666. The van der Waals surface area contributed by atoms with Gasteiger partial charge in [-0.15, -0.1) is 0 Å². The summed E-state index contributed by atoms with van der Waals surface area (Å²) in [6.07, 6.45) is 0. The van der Waals surface area contributed by atoms with Crippen LogP contribution in [0.3, 0.4) is 0 Å². The summed E-state index contributed by atoms with van der Waals surface area (Å²) in [6.45, 7) is 4.75. The Kier molecular flexibility index (Phi) is 7.54. The summed E-state index contributed by atoms with van der Waals surface area (Å²) >= 11 is 0. The number of hydrogen-bond donors (Lipinski definition) is 0. The summed E-state index contributed by atoms with van der Waals surface area (Å²) in [5.41, 5.74) is 14.0. The van der Waals surface area contributed by atoms with Gasteiger partial charge in [-0.05, 0) is 92.0 Å². The molecule has 0 saturated heterocycles. The first-order chi connectivity index (χ1) is 29.5. The van der Waals surface area contributed by atoms with Crippen molar-refractivity contribution >= 4 is 43.4 Å². The molecular weight excluding hydrogens is 729 g/mol. The van der Waals surface area contributed by atoms with Crippen LogP contribution in [0.25, 0.3) is 105 Å². The Bertz CT molecular complexity index is 3430. The van der Waals surface area contributed by atoms with Gasteiger partial charge in [0.05, 0.1) is 11.0 Å². The molecule has 4 heteroatoms. The van der Waals surface area contributed by atoms with Gasteiger partial charge in [-0.3, -0.25) is 0 Å². The van der Waals surface area contributed by atoms with Crippen LogP contribution in [0, 0.1) is 0 Å². The lowest BCUT2D eigenvalue weighted by Gasteiger charge is -2.23. The van der Waals surface area contributed by atoms with E-state index >= 15 is 0 Å². The van der Waals surface area contributed by atoms with Crippen molar-refractivity contribution in [2.24, 2.45) is 0 Å². The fourth-order valence-electron chi connectivity index (χ4n) is 9.72. The molecule has 60 heavy (non-hydrogen) atoms. The van der Waals surface area contributed by atoms with Gasteiger partial charge in [-0.1, -0.05) is 166 Å². The fraction of sp³-hybridized carbons (Fsp3) is 0.0536. The van der Waals surface area contributed by atoms with E-state index in [0.717, 1.165) is 27.9 Å². The molecule has 282 valence electrons. The second kappa shape index (κ2) is 13.2. The van der Waals surface area contributed by atoms with Gasteiger partial charge in [0.15, 0.2) is 17.5 Å². The molecule has 9 aromatic carbocycles. The van der Waals surface area contributed by atoms with E-state index in [0.29, 0.717) is 17.5 Å². The zero-order valence-electron chi connectivity index (χ0n) is 33.3. The Hall–Kier alpha value is -7.69. The first-order valence-corrected chi connectivity index (χ1v) is 20.6. The highest BCUT2D eigenvalue weighted by molar-refractivity contribution is 6.20. The van der Waals surface area contributed by atoms with E-state index in [9.17, 15) is 0 Å². The van der Waals surface area contributed by atoms with E-state index in [-0.39, 0.29) is 5.41 Å². The van der Waals surface area contributed by atoms with E-state index in [1.54, 1.807) is 0 Å². The van der Waals surface area contributed by atoms with E-state index in [2.05, 4.69) is 152 Å². The Morgan fingerprint density at radius 1 is 0.383 bits per heavy atom. The second-order valence-corrected chi connectivity index (χ2v) is 16.4. The smallest absolute Gasteiger partial charge is 0.164 e. The van der Waals surface area contributed by atoms with Gasteiger partial charge in [0.2, 0.25) is 0 Å². The molecule has 2 heterocycles. The van der Waals surface area contributed by atoms with Crippen LogP contribution in [-0.2, 0) is 5.41 Å². The third-order valence-corrected chi connectivity index (χ3v) is 12.6. The molecule has 0 aliphatic heterocycles. The highest BCUT2D eigenvalue weighted by Crippen LogP contribution is 2.52. The van der Waals surface area contributed by atoms with Crippen molar-refractivity contribution in [3.05, 3.63) is 205 Å². The van der Waals surface area contributed by atoms with Gasteiger partial charge < -0.3 is 4.57 Å².